The van der Waals surface area contributed by atoms with Crippen LogP contribution in [0.15, 0.2) is 61.2 Å². The van der Waals surface area contributed by atoms with Gasteiger partial charge in [0, 0.05) is 48.7 Å². The van der Waals surface area contributed by atoms with E-state index < -0.39 is 11.4 Å². The van der Waals surface area contributed by atoms with Crippen LogP contribution in [0.3, 0.4) is 0 Å². The first-order chi connectivity index (χ1) is 16.6. The molecule has 1 aliphatic rings. The van der Waals surface area contributed by atoms with Gasteiger partial charge in [0.25, 0.3) is 0 Å². The molecule has 5 rings (SSSR count). The Morgan fingerprint density at radius 1 is 1.03 bits per heavy atom. The molecule has 0 saturated carbocycles. The molecule has 1 aromatic carbocycles. The Bertz CT molecular complexity index is 1280. The predicted octanol–water partition coefficient (Wildman–Crippen LogP) is 4.21. The molecule has 1 fully saturated rings. The zero-order valence-electron chi connectivity index (χ0n) is 19.0. The molecule has 1 atom stereocenters. The number of nitrogens with zero attached hydrogens (tertiary/aromatic N) is 5. The van der Waals surface area contributed by atoms with Crippen LogP contribution in [0.1, 0.15) is 36.9 Å². The number of anilines is 1. The molecule has 1 saturated heterocycles. The van der Waals surface area contributed by atoms with Crippen molar-refractivity contribution in [2.24, 2.45) is 0 Å². The van der Waals surface area contributed by atoms with Crippen LogP contribution in [0.2, 0.25) is 0 Å². The lowest BCUT2D eigenvalue weighted by molar-refractivity contribution is 0.291. The van der Waals surface area contributed by atoms with Crippen LogP contribution in [-0.4, -0.2) is 41.4 Å². The first-order valence-corrected chi connectivity index (χ1v) is 12.4. The molecule has 1 unspecified atom stereocenters. The number of pyridine rings is 1. The fraction of sp³-hybridized carbons (Fsp3) is 0.320. The van der Waals surface area contributed by atoms with E-state index in [9.17, 15) is 8.76 Å². The first-order valence-electron chi connectivity index (χ1n) is 11.4. The average Bonchev–Trinajstić information content (AvgIpc) is 3.31. The van der Waals surface area contributed by atoms with Crippen molar-refractivity contribution >= 4 is 28.2 Å². The lowest BCUT2D eigenvalue weighted by Gasteiger charge is -2.33. The molecule has 1 aliphatic heterocycles. The third kappa shape index (κ3) is 4.86. The van der Waals surface area contributed by atoms with Gasteiger partial charge in [0.05, 0.1) is 35.4 Å². The van der Waals surface area contributed by atoms with E-state index in [0.29, 0.717) is 6.04 Å². The minimum atomic E-state index is -2.51. The van der Waals surface area contributed by atoms with Gasteiger partial charge in [-0.05, 0) is 42.5 Å². The summed E-state index contributed by atoms with van der Waals surface area (Å²) in [6.07, 6.45) is 11.0. The Morgan fingerprint density at radius 3 is 2.44 bits per heavy atom. The number of hydrogen-bond acceptors (Lipinski definition) is 7. The van der Waals surface area contributed by atoms with E-state index in [0.717, 1.165) is 71.6 Å². The highest BCUT2D eigenvalue weighted by molar-refractivity contribution is 7.74. The summed E-state index contributed by atoms with van der Waals surface area (Å²) in [6, 6.07) is 12.2. The number of aromatic nitrogens is 4. The van der Waals surface area contributed by atoms with Gasteiger partial charge in [-0.25, -0.2) is 14.2 Å². The van der Waals surface area contributed by atoms with Crippen LogP contribution in [0.4, 0.5) is 5.95 Å². The Hall–Kier alpha value is -3.14. The van der Waals surface area contributed by atoms with Gasteiger partial charge < -0.3 is 14.0 Å². The molecule has 0 bridgehead atoms. The standard InChI is InChI=1S/C25H27N5O3S/c1-2-18-14-27-25(28-15-18)29-10-8-22(9-11-29)30-12-7-21-13-23(26-16-24(21)30)20-5-3-19(4-6-20)17-33-34(31)32/h3-7,12-16,22H,2,8-11,17H2,1H3,(H,31,32)/p-1. The van der Waals surface area contributed by atoms with Gasteiger partial charge in [0.1, 0.15) is 0 Å². The van der Waals surface area contributed by atoms with E-state index >= 15 is 0 Å². The van der Waals surface area contributed by atoms with E-state index in [1.165, 1.54) is 0 Å². The molecule has 0 N–H and O–H groups in total. The Labute approximate surface area is 201 Å². The van der Waals surface area contributed by atoms with Crippen molar-refractivity contribution in [1.82, 2.24) is 19.5 Å². The molecule has 4 aromatic rings. The smallest absolute Gasteiger partial charge is 0.225 e. The molecular formula is C25H26N5O3S-. The van der Waals surface area contributed by atoms with Crippen molar-refractivity contribution < 1.29 is 12.9 Å². The van der Waals surface area contributed by atoms with E-state index in [4.69, 9.17) is 4.98 Å². The van der Waals surface area contributed by atoms with Crippen molar-refractivity contribution in [2.45, 2.75) is 38.8 Å². The van der Waals surface area contributed by atoms with Crippen LogP contribution in [0.5, 0.6) is 0 Å². The predicted molar refractivity (Wildman–Crippen MR) is 131 cm³/mol. The molecule has 176 valence electrons. The summed E-state index contributed by atoms with van der Waals surface area (Å²) in [5, 5.41) is 1.15. The number of aryl methyl sites for hydroxylation is 1. The van der Waals surface area contributed by atoms with Crippen molar-refractivity contribution in [3.05, 3.63) is 72.3 Å². The van der Waals surface area contributed by atoms with Crippen LogP contribution >= 0.6 is 0 Å². The van der Waals surface area contributed by atoms with Crippen LogP contribution < -0.4 is 4.90 Å². The molecule has 0 aliphatic carbocycles. The minimum Gasteiger partial charge on any atom is -0.750 e. The third-order valence-corrected chi connectivity index (χ3v) is 6.73. The molecule has 0 spiro atoms. The van der Waals surface area contributed by atoms with Crippen LogP contribution in [-0.2, 0) is 28.6 Å². The lowest BCUT2D eigenvalue weighted by atomic mass is 10.0. The second kappa shape index (κ2) is 10.0. The minimum absolute atomic E-state index is 0.0285. The zero-order valence-corrected chi connectivity index (χ0v) is 19.8. The van der Waals surface area contributed by atoms with E-state index in [2.05, 4.69) is 48.9 Å². The molecular weight excluding hydrogens is 450 g/mol. The second-order valence-corrected chi connectivity index (χ2v) is 9.12. The van der Waals surface area contributed by atoms with Gasteiger partial charge in [-0.15, -0.1) is 0 Å². The number of fused-ring (bicyclic) bond motifs is 1. The summed E-state index contributed by atoms with van der Waals surface area (Å²) in [5.41, 5.74) is 4.94. The van der Waals surface area contributed by atoms with Crippen molar-refractivity contribution in [3.8, 4) is 11.3 Å². The Kier molecular flexibility index (Phi) is 6.66. The molecule has 0 radical (unpaired) electrons. The van der Waals surface area contributed by atoms with Gasteiger partial charge in [-0.3, -0.25) is 9.17 Å². The Morgan fingerprint density at radius 2 is 1.76 bits per heavy atom. The monoisotopic (exact) mass is 476 g/mol. The van der Waals surface area contributed by atoms with Gasteiger partial charge >= 0.3 is 0 Å². The van der Waals surface area contributed by atoms with Gasteiger partial charge in [0.15, 0.2) is 0 Å². The molecule has 8 nitrogen and oxygen atoms in total. The topological polar surface area (TPSA) is 96.2 Å². The molecule has 0 amide bonds. The van der Waals surface area contributed by atoms with Gasteiger partial charge in [-0.2, -0.15) is 0 Å². The van der Waals surface area contributed by atoms with Crippen molar-refractivity contribution in [2.75, 3.05) is 18.0 Å². The van der Waals surface area contributed by atoms with Crippen molar-refractivity contribution in [3.63, 3.8) is 0 Å². The summed E-state index contributed by atoms with van der Waals surface area (Å²) in [5.74, 6) is 0.818. The van der Waals surface area contributed by atoms with Crippen LogP contribution in [0.25, 0.3) is 22.2 Å². The Balaban J connectivity index is 1.27. The highest BCUT2D eigenvalue weighted by atomic mass is 32.2. The van der Waals surface area contributed by atoms with Gasteiger partial charge in [0.2, 0.25) is 5.95 Å². The second-order valence-electron chi connectivity index (χ2n) is 8.48. The summed E-state index contributed by atoms with van der Waals surface area (Å²) in [7, 11) is 0. The largest absolute Gasteiger partial charge is 0.750 e. The maximum atomic E-state index is 10.6. The highest BCUT2D eigenvalue weighted by Crippen LogP contribution is 2.30. The summed E-state index contributed by atoms with van der Waals surface area (Å²) >= 11 is -2.51. The highest BCUT2D eigenvalue weighted by Gasteiger charge is 2.23. The summed E-state index contributed by atoms with van der Waals surface area (Å²) in [6.45, 7) is 3.99. The zero-order chi connectivity index (χ0) is 23.5. The van der Waals surface area contributed by atoms with Crippen LogP contribution in [0, 0.1) is 0 Å². The first kappa shape index (κ1) is 22.6. The number of hydrogen-bond donors (Lipinski definition) is 0. The third-order valence-electron chi connectivity index (χ3n) is 6.42. The van der Waals surface area contributed by atoms with E-state index in [1.54, 1.807) is 0 Å². The van der Waals surface area contributed by atoms with Gasteiger partial charge in [-0.1, -0.05) is 31.2 Å². The average molecular weight is 477 g/mol. The van der Waals surface area contributed by atoms with E-state index in [-0.39, 0.29) is 6.61 Å². The normalized spacial score (nSPS) is 15.6. The van der Waals surface area contributed by atoms with E-state index in [1.807, 2.05) is 42.9 Å². The number of benzene rings is 1. The lowest BCUT2D eigenvalue weighted by Crippen LogP contribution is -2.35. The quantitative estimate of drug-likeness (QED) is 0.369. The summed E-state index contributed by atoms with van der Waals surface area (Å²) in [4.78, 5) is 16.0. The summed E-state index contributed by atoms with van der Waals surface area (Å²) < 4.78 is 28.1. The number of rotatable bonds is 7. The number of piperidine rings is 1. The molecule has 4 heterocycles. The molecule has 34 heavy (non-hydrogen) atoms. The molecule has 3 aromatic heterocycles. The fourth-order valence-electron chi connectivity index (χ4n) is 4.46. The maximum Gasteiger partial charge on any atom is 0.225 e. The fourth-order valence-corrected chi connectivity index (χ4v) is 4.69. The molecule has 9 heteroatoms. The SMILES string of the molecule is CCc1cnc(N2CCC(n3ccc4cc(-c5ccc(COS(=O)[O-])cc5)ncc43)CC2)nc1. The van der Waals surface area contributed by atoms with Crippen molar-refractivity contribution in [1.29, 1.82) is 0 Å². The maximum absolute atomic E-state index is 10.6.